The number of carbonyl (C=O) groups is 1. The number of halogens is 3. The van der Waals surface area contributed by atoms with Gasteiger partial charge in [0.2, 0.25) is 0 Å². The molecule has 0 saturated heterocycles. The molecule has 0 bridgehead atoms. The normalized spacial score (nSPS) is 12.1. The minimum absolute atomic E-state index is 0.00290. The fourth-order valence-electron chi connectivity index (χ4n) is 2.12. The van der Waals surface area contributed by atoms with Crippen molar-refractivity contribution in [3.8, 4) is 0 Å². The van der Waals surface area contributed by atoms with Crippen molar-refractivity contribution in [1.29, 1.82) is 0 Å². The van der Waals surface area contributed by atoms with Crippen molar-refractivity contribution < 1.29 is 14.3 Å². The van der Waals surface area contributed by atoms with Gasteiger partial charge in [-0.05, 0) is 42.2 Å². The molecular formula is C16H13Cl2FO2. The van der Waals surface area contributed by atoms with Gasteiger partial charge in [0.25, 0.3) is 0 Å². The van der Waals surface area contributed by atoms with Crippen LogP contribution in [0.3, 0.4) is 0 Å². The zero-order valence-corrected chi connectivity index (χ0v) is 12.5. The monoisotopic (exact) mass is 326 g/mol. The zero-order valence-electron chi connectivity index (χ0n) is 11.0. The van der Waals surface area contributed by atoms with E-state index >= 15 is 0 Å². The first-order valence-corrected chi connectivity index (χ1v) is 7.13. The zero-order chi connectivity index (χ0) is 15.4. The average molecular weight is 327 g/mol. The molecule has 0 aromatic heterocycles. The third-order valence-electron chi connectivity index (χ3n) is 3.24. The van der Waals surface area contributed by atoms with Gasteiger partial charge >= 0.3 is 5.97 Å². The molecule has 0 spiro atoms. The van der Waals surface area contributed by atoms with Crippen molar-refractivity contribution in [2.75, 3.05) is 0 Å². The van der Waals surface area contributed by atoms with E-state index in [4.69, 9.17) is 23.2 Å². The van der Waals surface area contributed by atoms with E-state index in [1.807, 2.05) is 0 Å². The molecule has 2 aromatic rings. The van der Waals surface area contributed by atoms with E-state index < -0.39 is 17.7 Å². The van der Waals surface area contributed by atoms with Crippen LogP contribution in [-0.2, 0) is 17.6 Å². The highest BCUT2D eigenvalue weighted by Crippen LogP contribution is 2.23. The van der Waals surface area contributed by atoms with Gasteiger partial charge in [-0.15, -0.1) is 0 Å². The molecule has 0 amide bonds. The molecule has 1 unspecified atom stereocenters. The van der Waals surface area contributed by atoms with Crippen LogP contribution >= 0.6 is 23.2 Å². The fourth-order valence-corrected chi connectivity index (χ4v) is 2.44. The molecule has 5 heteroatoms. The van der Waals surface area contributed by atoms with Crippen molar-refractivity contribution in [2.24, 2.45) is 5.92 Å². The van der Waals surface area contributed by atoms with E-state index in [1.165, 1.54) is 6.07 Å². The van der Waals surface area contributed by atoms with E-state index in [2.05, 4.69) is 0 Å². The third kappa shape index (κ3) is 4.19. The first-order chi connectivity index (χ1) is 9.97. The van der Waals surface area contributed by atoms with Crippen LogP contribution in [0.15, 0.2) is 42.5 Å². The van der Waals surface area contributed by atoms with Gasteiger partial charge in [0.1, 0.15) is 5.82 Å². The summed E-state index contributed by atoms with van der Waals surface area (Å²) >= 11 is 11.5. The van der Waals surface area contributed by atoms with E-state index in [-0.39, 0.29) is 11.4 Å². The minimum atomic E-state index is -0.968. The summed E-state index contributed by atoms with van der Waals surface area (Å²) in [6, 6.07) is 11.6. The van der Waals surface area contributed by atoms with Crippen LogP contribution in [0.5, 0.6) is 0 Å². The lowest BCUT2D eigenvalue weighted by Crippen LogP contribution is -2.19. The van der Waals surface area contributed by atoms with Gasteiger partial charge in [0.15, 0.2) is 0 Å². The maximum absolute atomic E-state index is 13.9. The molecule has 0 saturated carbocycles. The summed E-state index contributed by atoms with van der Waals surface area (Å²) < 4.78 is 13.9. The molecule has 0 aliphatic carbocycles. The maximum Gasteiger partial charge on any atom is 0.307 e. The Bertz CT molecular complexity index is 641. The van der Waals surface area contributed by atoms with Crippen molar-refractivity contribution in [2.45, 2.75) is 12.8 Å². The summed E-state index contributed by atoms with van der Waals surface area (Å²) in [4.78, 5) is 11.4. The van der Waals surface area contributed by atoms with Crippen LogP contribution in [0.1, 0.15) is 11.1 Å². The molecule has 1 N–H and O–H groups in total. The molecule has 110 valence electrons. The highest BCUT2D eigenvalue weighted by molar-refractivity contribution is 6.31. The van der Waals surface area contributed by atoms with Crippen LogP contribution in [0.25, 0.3) is 0 Å². The van der Waals surface area contributed by atoms with Gasteiger partial charge in [0, 0.05) is 5.02 Å². The Morgan fingerprint density at radius 3 is 2.38 bits per heavy atom. The fraction of sp³-hybridized carbons (Fsp3) is 0.188. The molecule has 1 atom stereocenters. The van der Waals surface area contributed by atoms with Crippen LogP contribution in [-0.4, -0.2) is 11.1 Å². The standard InChI is InChI=1S/C16H13Cl2FO2/c17-13-6-4-10(5-7-13)8-12(16(20)21)9-11-2-1-3-14(18)15(11)19/h1-7,12H,8-9H2,(H,20,21). The highest BCUT2D eigenvalue weighted by atomic mass is 35.5. The maximum atomic E-state index is 13.9. The first kappa shape index (κ1) is 15.8. The van der Waals surface area contributed by atoms with Crippen LogP contribution < -0.4 is 0 Å². The number of hydrogen-bond donors (Lipinski definition) is 1. The smallest absolute Gasteiger partial charge is 0.307 e. The van der Waals surface area contributed by atoms with Gasteiger partial charge < -0.3 is 5.11 Å². The van der Waals surface area contributed by atoms with Gasteiger partial charge in [-0.1, -0.05) is 47.5 Å². The quantitative estimate of drug-likeness (QED) is 0.870. The predicted octanol–water partition coefficient (Wildman–Crippen LogP) is 4.62. The molecular weight excluding hydrogens is 314 g/mol. The average Bonchev–Trinajstić information content (AvgIpc) is 2.45. The number of benzene rings is 2. The number of aliphatic carboxylic acids is 1. The van der Waals surface area contributed by atoms with Crippen molar-refractivity contribution in [3.63, 3.8) is 0 Å². The molecule has 21 heavy (non-hydrogen) atoms. The van der Waals surface area contributed by atoms with Crippen LogP contribution in [0.4, 0.5) is 4.39 Å². The van der Waals surface area contributed by atoms with Crippen molar-refractivity contribution >= 4 is 29.2 Å². The second-order valence-electron chi connectivity index (χ2n) is 4.78. The summed E-state index contributed by atoms with van der Waals surface area (Å²) in [5.74, 6) is -2.25. The Balaban J connectivity index is 2.18. The van der Waals surface area contributed by atoms with Gasteiger partial charge in [0.05, 0.1) is 10.9 Å². The predicted molar refractivity (Wildman–Crippen MR) is 81.4 cm³/mol. The number of hydrogen-bond acceptors (Lipinski definition) is 1. The van der Waals surface area contributed by atoms with Crippen molar-refractivity contribution in [1.82, 2.24) is 0 Å². The number of carboxylic acids is 1. The Labute approximate surface area is 132 Å². The van der Waals surface area contributed by atoms with Crippen molar-refractivity contribution in [3.05, 3.63) is 69.5 Å². The van der Waals surface area contributed by atoms with E-state index in [0.29, 0.717) is 17.0 Å². The van der Waals surface area contributed by atoms with Gasteiger partial charge in [-0.3, -0.25) is 4.79 Å². The Morgan fingerprint density at radius 2 is 1.76 bits per heavy atom. The van der Waals surface area contributed by atoms with E-state index in [9.17, 15) is 14.3 Å². The second kappa shape index (κ2) is 6.92. The third-order valence-corrected chi connectivity index (χ3v) is 3.79. The Kier molecular flexibility index (Phi) is 5.21. The lowest BCUT2D eigenvalue weighted by Gasteiger charge is -2.13. The Hall–Kier alpha value is -1.58. The van der Waals surface area contributed by atoms with E-state index in [0.717, 1.165) is 5.56 Å². The lowest BCUT2D eigenvalue weighted by molar-refractivity contribution is -0.141. The second-order valence-corrected chi connectivity index (χ2v) is 5.63. The minimum Gasteiger partial charge on any atom is -0.481 e. The number of carboxylic acid groups (broad SMARTS) is 1. The summed E-state index contributed by atoms with van der Waals surface area (Å²) in [6.45, 7) is 0. The lowest BCUT2D eigenvalue weighted by atomic mass is 9.92. The summed E-state index contributed by atoms with van der Waals surface area (Å²) in [5.41, 5.74) is 1.15. The van der Waals surface area contributed by atoms with E-state index in [1.54, 1.807) is 36.4 Å². The molecule has 0 radical (unpaired) electrons. The highest BCUT2D eigenvalue weighted by Gasteiger charge is 2.21. The van der Waals surface area contributed by atoms with Gasteiger partial charge in [-0.2, -0.15) is 0 Å². The van der Waals surface area contributed by atoms with Crippen LogP contribution in [0, 0.1) is 11.7 Å². The van der Waals surface area contributed by atoms with Gasteiger partial charge in [-0.25, -0.2) is 4.39 Å². The summed E-state index contributed by atoms with van der Waals surface area (Å²) in [6.07, 6.45) is 0.392. The molecule has 0 aliphatic heterocycles. The SMILES string of the molecule is O=C(O)C(Cc1ccc(Cl)cc1)Cc1cccc(Cl)c1F. The summed E-state index contributed by atoms with van der Waals surface area (Å²) in [5, 5.41) is 9.92. The number of rotatable bonds is 5. The molecule has 2 rings (SSSR count). The Morgan fingerprint density at radius 1 is 1.10 bits per heavy atom. The first-order valence-electron chi connectivity index (χ1n) is 6.37. The van der Waals surface area contributed by atoms with Crippen LogP contribution in [0.2, 0.25) is 10.0 Å². The molecule has 2 nitrogen and oxygen atoms in total. The summed E-state index contributed by atoms with van der Waals surface area (Å²) in [7, 11) is 0. The molecule has 0 aliphatic rings. The molecule has 2 aromatic carbocycles. The largest absolute Gasteiger partial charge is 0.481 e. The molecule has 0 fully saturated rings. The topological polar surface area (TPSA) is 37.3 Å². The molecule has 0 heterocycles.